The van der Waals surface area contributed by atoms with Gasteiger partial charge in [0.15, 0.2) is 0 Å². The summed E-state index contributed by atoms with van der Waals surface area (Å²) in [5.41, 5.74) is 9.79. The first-order valence-electron chi connectivity index (χ1n) is 15.9. The third-order valence-electron chi connectivity index (χ3n) is 10.6. The van der Waals surface area contributed by atoms with Gasteiger partial charge in [-0.05, 0) is 82.0 Å². The highest BCUT2D eigenvalue weighted by atomic mass is 32.2. The van der Waals surface area contributed by atoms with E-state index >= 15 is 0 Å². The second-order valence-corrected chi connectivity index (χ2v) is 14.2. The maximum absolute atomic E-state index is 2.55. The van der Waals surface area contributed by atoms with E-state index in [-0.39, 0.29) is 11.3 Å². The van der Waals surface area contributed by atoms with Gasteiger partial charge >= 0.3 is 0 Å². The number of benzene rings is 8. The molecule has 0 saturated heterocycles. The molecule has 0 saturated carbocycles. The van der Waals surface area contributed by atoms with Gasteiger partial charge in [0.05, 0.1) is 0 Å². The van der Waals surface area contributed by atoms with Crippen molar-refractivity contribution in [2.45, 2.75) is 35.0 Å². The Morgan fingerprint density at radius 3 is 1.40 bits per heavy atom. The number of hydrogen-bond donors (Lipinski definition) is 0. The van der Waals surface area contributed by atoms with Gasteiger partial charge in [0.25, 0.3) is 0 Å². The van der Waals surface area contributed by atoms with Crippen LogP contribution in [-0.4, -0.2) is 0 Å². The summed E-state index contributed by atoms with van der Waals surface area (Å²) in [6, 6.07) is 52.6. The molecule has 0 amide bonds. The molecule has 1 aliphatic carbocycles. The Morgan fingerprint density at radius 1 is 0.422 bits per heavy atom. The molecule has 10 rings (SSSR count). The zero-order valence-electron chi connectivity index (χ0n) is 25.3. The van der Waals surface area contributed by atoms with Crippen molar-refractivity contribution in [3.8, 4) is 11.1 Å². The van der Waals surface area contributed by atoms with E-state index < -0.39 is 0 Å². The standard InChI is InChI=1S/C44H30S/c1-44(2)37-22-12-11-17-31(37)32-24-23-26(25-38(32)44)39-40-33-18-7-3-13-27(33)29-15-5-9-20-35(29)42(40)45-43-36-21-10-6-16-30(36)28-14-4-8-19-34(28)41(39)43/h3-25,39H,1-2H3. The second kappa shape index (κ2) is 9.10. The fourth-order valence-corrected chi connectivity index (χ4v) is 10.0. The Bertz CT molecular complexity index is 2430. The minimum absolute atomic E-state index is 0.0616. The van der Waals surface area contributed by atoms with Gasteiger partial charge < -0.3 is 0 Å². The van der Waals surface area contributed by atoms with Crippen LogP contribution in [0.3, 0.4) is 0 Å². The largest absolute Gasteiger partial charge is 0.0881 e. The average Bonchev–Trinajstić information content (AvgIpc) is 3.33. The van der Waals surface area contributed by atoms with Crippen LogP contribution in [0.2, 0.25) is 0 Å². The van der Waals surface area contributed by atoms with Crippen LogP contribution in [0.4, 0.5) is 0 Å². The molecule has 0 nitrogen and oxygen atoms in total. The summed E-state index contributed by atoms with van der Waals surface area (Å²) in [4.78, 5) is 2.79. The van der Waals surface area contributed by atoms with Crippen molar-refractivity contribution < 1.29 is 0 Å². The fourth-order valence-electron chi connectivity index (χ4n) is 8.55. The van der Waals surface area contributed by atoms with Crippen molar-refractivity contribution in [2.75, 3.05) is 0 Å². The molecule has 2 aliphatic rings. The van der Waals surface area contributed by atoms with Gasteiger partial charge in [-0.3, -0.25) is 0 Å². The molecule has 0 spiro atoms. The monoisotopic (exact) mass is 590 g/mol. The van der Waals surface area contributed by atoms with Crippen LogP contribution in [0.15, 0.2) is 149 Å². The maximum Gasteiger partial charge on any atom is 0.0375 e. The van der Waals surface area contributed by atoms with Gasteiger partial charge in [0, 0.05) is 21.1 Å². The van der Waals surface area contributed by atoms with Crippen molar-refractivity contribution in [1.29, 1.82) is 0 Å². The third-order valence-corrected chi connectivity index (χ3v) is 11.9. The van der Waals surface area contributed by atoms with Crippen molar-refractivity contribution in [1.82, 2.24) is 0 Å². The molecule has 0 atom stereocenters. The lowest BCUT2D eigenvalue weighted by Gasteiger charge is -2.34. The summed E-state index contributed by atoms with van der Waals surface area (Å²) in [6.07, 6.45) is 0. The van der Waals surface area contributed by atoms with Crippen molar-refractivity contribution in [3.63, 3.8) is 0 Å². The topological polar surface area (TPSA) is 0 Å². The first-order valence-corrected chi connectivity index (χ1v) is 16.7. The zero-order valence-corrected chi connectivity index (χ0v) is 26.1. The van der Waals surface area contributed by atoms with E-state index in [0.717, 1.165) is 0 Å². The smallest absolute Gasteiger partial charge is 0.0375 e. The molecule has 1 heterocycles. The molecule has 1 heteroatoms. The summed E-state index contributed by atoms with van der Waals surface area (Å²) < 4.78 is 0. The lowest BCUT2D eigenvalue weighted by molar-refractivity contribution is 0.658. The second-order valence-electron chi connectivity index (χ2n) is 13.2. The van der Waals surface area contributed by atoms with E-state index in [4.69, 9.17) is 0 Å². The molecular formula is C44H30S. The van der Waals surface area contributed by atoms with Crippen LogP contribution in [0.25, 0.3) is 54.2 Å². The first-order chi connectivity index (χ1) is 22.1. The van der Waals surface area contributed by atoms with Gasteiger partial charge in [-0.1, -0.05) is 165 Å². The Balaban J connectivity index is 1.38. The lowest BCUT2D eigenvalue weighted by atomic mass is 9.76. The summed E-state index contributed by atoms with van der Waals surface area (Å²) in [6.45, 7) is 4.79. The van der Waals surface area contributed by atoms with Crippen molar-refractivity contribution >= 4 is 54.9 Å². The highest BCUT2D eigenvalue weighted by Gasteiger charge is 2.38. The summed E-state index contributed by atoms with van der Waals surface area (Å²) in [7, 11) is 0. The van der Waals surface area contributed by atoms with Crippen molar-refractivity contribution in [2.24, 2.45) is 0 Å². The maximum atomic E-state index is 2.55. The summed E-state index contributed by atoms with van der Waals surface area (Å²) in [5.74, 6) is 0.0880. The van der Waals surface area contributed by atoms with Crippen LogP contribution in [0, 0.1) is 0 Å². The molecule has 0 N–H and O–H groups in total. The van der Waals surface area contributed by atoms with Crippen LogP contribution in [0.5, 0.6) is 0 Å². The molecule has 8 aromatic carbocycles. The van der Waals surface area contributed by atoms with E-state index in [9.17, 15) is 0 Å². The minimum atomic E-state index is -0.0616. The average molecular weight is 591 g/mol. The van der Waals surface area contributed by atoms with E-state index in [0.29, 0.717) is 0 Å². The van der Waals surface area contributed by atoms with E-state index in [1.54, 1.807) is 0 Å². The molecule has 212 valence electrons. The molecule has 1 aliphatic heterocycles. The van der Waals surface area contributed by atoms with E-state index in [2.05, 4.69) is 153 Å². The Kier molecular flexibility index (Phi) is 5.15. The van der Waals surface area contributed by atoms with Gasteiger partial charge in [-0.15, -0.1) is 0 Å². The van der Waals surface area contributed by atoms with Crippen LogP contribution >= 0.6 is 11.8 Å². The third kappa shape index (κ3) is 3.34. The molecule has 8 aromatic rings. The highest BCUT2D eigenvalue weighted by Crippen LogP contribution is 2.58. The first kappa shape index (κ1) is 25.5. The van der Waals surface area contributed by atoms with Gasteiger partial charge in [0.1, 0.15) is 0 Å². The number of fused-ring (bicyclic) bond motifs is 15. The van der Waals surface area contributed by atoms with Gasteiger partial charge in [-0.2, -0.15) is 0 Å². The van der Waals surface area contributed by atoms with Crippen molar-refractivity contribution in [3.05, 3.63) is 167 Å². The van der Waals surface area contributed by atoms with Gasteiger partial charge in [0.2, 0.25) is 0 Å². The van der Waals surface area contributed by atoms with Crippen LogP contribution in [0.1, 0.15) is 47.6 Å². The Morgan fingerprint density at radius 2 is 0.844 bits per heavy atom. The Labute approximate surface area is 267 Å². The normalized spacial score (nSPS) is 14.9. The summed E-state index contributed by atoms with van der Waals surface area (Å²) >= 11 is 1.98. The van der Waals surface area contributed by atoms with E-state index in [1.807, 2.05) is 11.8 Å². The predicted octanol–water partition coefficient (Wildman–Crippen LogP) is 12.3. The molecule has 0 aromatic heterocycles. The zero-order chi connectivity index (χ0) is 29.9. The summed E-state index contributed by atoms with van der Waals surface area (Å²) in [5, 5.41) is 10.7. The van der Waals surface area contributed by atoms with E-state index in [1.165, 1.54) is 91.8 Å². The van der Waals surface area contributed by atoms with Crippen LogP contribution in [-0.2, 0) is 5.41 Å². The number of rotatable bonds is 1. The molecule has 0 fully saturated rings. The molecular weight excluding hydrogens is 561 g/mol. The predicted molar refractivity (Wildman–Crippen MR) is 192 cm³/mol. The minimum Gasteiger partial charge on any atom is -0.0881 e. The molecule has 45 heavy (non-hydrogen) atoms. The number of hydrogen-bond acceptors (Lipinski definition) is 1. The lowest BCUT2D eigenvalue weighted by Crippen LogP contribution is -2.17. The highest BCUT2D eigenvalue weighted by molar-refractivity contribution is 8.00. The fraction of sp³-hybridized carbons (Fsp3) is 0.0909. The molecule has 0 radical (unpaired) electrons. The SMILES string of the molecule is CC1(C)c2ccccc2-c2ccc(C3c4c(c5ccccc5c5ccccc45)Sc4c3c3ccccc3c3ccccc43)cc21. The molecule has 0 bridgehead atoms. The molecule has 0 unspecified atom stereocenters. The van der Waals surface area contributed by atoms with Crippen LogP contribution < -0.4 is 0 Å². The Hall–Kier alpha value is -4.85. The quantitative estimate of drug-likeness (QED) is 0.171. The van der Waals surface area contributed by atoms with Gasteiger partial charge in [-0.25, -0.2) is 0 Å².